The first kappa shape index (κ1) is 11.0. The Morgan fingerprint density at radius 1 is 1.47 bits per heavy atom. The molecule has 1 aromatic heterocycles. The van der Waals surface area contributed by atoms with Crippen molar-refractivity contribution < 1.29 is 9.90 Å². The van der Waals surface area contributed by atoms with E-state index in [0.717, 1.165) is 0 Å². The summed E-state index contributed by atoms with van der Waals surface area (Å²) in [6.07, 6.45) is 6.32. The minimum absolute atomic E-state index is 0.0456. The minimum Gasteiger partial charge on any atom is -0.477 e. The number of carboxylic acids is 1. The molecule has 0 unspecified atom stereocenters. The molecule has 1 rings (SSSR count). The smallest absolute Gasteiger partial charge is 0.354 e. The van der Waals surface area contributed by atoms with Crippen LogP contribution in [0.3, 0.4) is 0 Å². The van der Waals surface area contributed by atoms with Gasteiger partial charge in [-0.2, -0.15) is 10.2 Å². The Balaban J connectivity index is 3.27. The molecule has 1 aromatic rings. The fourth-order valence-electron chi connectivity index (χ4n) is 1.09. The van der Waals surface area contributed by atoms with Crippen molar-refractivity contribution in [3.63, 3.8) is 0 Å². The highest BCUT2D eigenvalue weighted by atomic mass is 16.4. The molecule has 0 aliphatic heterocycles. The average Bonchev–Trinajstić information content (AvgIpc) is 2.69. The molecule has 0 saturated heterocycles. The van der Waals surface area contributed by atoms with Gasteiger partial charge in [0.05, 0.1) is 12.4 Å². The monoisotopic (exact) mass is 208 g/mol. The van der Waals surface area contributed by atoms with E-state index in [-0.39, 0.29) is 5.70 Å². The second-order valence-electron chi connectivity index (χ2n) is 2.63. The summed E-state index contributed by atoms with van der Waals surface area (Å²) >= 11 is 0. The van der Waals surface area contributed by atoms with Gasteiger partial charge in [-0.25, -0.2) is 4.79 Å². The molecule has 6 nitrogen and oxygen atoms in total. The van der Waals surface area contributed by atoms with Crippen molar-refractivity contribution in [1.29, 1.82) is 0 Å². The van der Waals surface area contributed by atoms with Crippen LogP contribution in [0.25, 0.3) is 5.70 Å². The Morgan fingerprint density at radius 2 is 2.07 bits per heavy atom. The predicted molar refractivity (Wildman–Crippen MR) is 54.7 cm³/mol. The quantitative estimate of drug-likeness (QED) is 0.550. The number of aromatic nitrogens is 3. The van der Waals surface area contributed by atoms with Crippen LogP contribution in [-0.2, 0) is 4.79 Å². The van der Waals surface area contributed by atoms with Crippen LogP contribution in [0.4, 0.5) is 0 Å². The molecule has 0 atom stereocenters. The van der Waals surface area contributed by atoms with Crippen LogP contribution in [0, 0.1) is 0 Å². The third kappa shape index (κ3) is 2.43. The maximum Gasteiger partial charge on any atom is 0.354 e. The number of nitrogens with zero attached hydrogens (tertiary/aromatic N) is 3. The largest absolute Gasteiger partial charge is 0.477 e. The summed E-state index contributed by atoms with van der Waals surface area (Å²) in [5, 5.41) is 19.3. The zero-order valence-corrected chi connectivity index (χ0v) is 8.51. The molecular weight excluding hydrogens is 196 g/mol. The standard InChI is InChI=1S/C9H12N4O2/c1-3-4-7(8(10-2)9(14)15)13-11-5-6-12-13/h3-6,10H,1-2H3,(H,14,15)/b4-3-,8-7+. The molecule has 2 N–H and O–H groups in total. The number of carbonyl (C=O) groups is 1. The van der Waals surface area contributed by atoms with E-state index >= 15 is 0 Å². The molecule has 80 valence electrons. The van der Waals surface area contributed by atoms with Gasteiger partial charge in [-0.1, -0.05) is 6.08 Å². The normalized spacial score (nSPS) is 12.7. The maximum atomic E-state index is 10.9. The number of likely N-dealkylation sites (N-methyl/N-ethyl adjacent to an activating group) is 1. The fraction of sp³-hybridized carbons (Fsp3) is 0.222. The molecule has 0 aliphatic carbocycles. The summed E-state index contributed by atoms with van der Waals surface area (Å²) in [6, 6.07) is 0. The van der Waals surface area contributed by atoms with Crippen molar-refractivity contribution >= 4 is 11.7 Å². The van der Waals surface area contributed by atoms with Crippen LogP contribution in [0.5, 0.6) is 0 Å². The van der Waals surface area contributed by atoms with Crippen molar-refractivity contribution in [2.75, 3.05) is 7.05 Å². The van der Waals surface area contributed by atoms with Crippen LogP contribution in [0.1, 0.15) is 6.92 Å². The predicted octanol–water partition coefficient (Wildman–Crippen LogP) is 0.327. The van der Waals surface area contributed by atoms with Crippen LogP contribution in [0.2, 0.25) is 0 Å². The van der Waals surface area contributed by atoms with Gasteiger partial charge < -0.3 is 10.4 Å². The lowest BCUT2D eigenvalue weighted by Crippen LogP contribution is -2.20. The topological polar surface area (TPSA) is 80.0 Å². The number of rotatable bonds is 4. The summed E-state index contributed by atoms with van der Waals surface area (Å²) in [5.41, 5.74) is 0.432. The van der Waals surface area contributed by atoms with Gasteiger partial charge in [-0.15, -0.1) is 4.80 Å². The number of carboxylic acid groups (broad SMARTS) is 1. The number of hydrogen-bond acceptors (Lipinski definition) is 4. The van der Waals surface area contributed by atoms with Crippen LogP contribution in [-0.4, -0.2) is 33.1 Å². The molecule has 0 saturated carbocycles. The second kappa shape index (κ2) is 4.94. The van der Waals surface area contributed by atoms with Gasteiger partial charge in [0.25, 0.3) is 0 Å². The van der Waals surface area contributed by atoms with Crippen molar-refractivity contribution in [2.45, 2.75) is 6.92 Å². The van der Waals surface area contributed by atoms with Crippen molar-refractivity contribution in [3.8, 4) is 0 Å². The molecule has 0 spiro atoms. The number of nitrogens with one attached hydrogen (secondary N) is 1. The molecule has 0 aromatic carbocycles. The van der Waals surface area contributed by atoms with Crippen LogP contribution < -0.4 is 5.32 Å². The highest BCUT2D eigenvalue weighted by Crippen LogP contribution is 2.08. The molecule has 0 radical (unpaired) electrons. The third-order valence-corrected chi connectivity index (χ3v) is 1.68. The van der Waals surface area contributed by atoms with Gasteiger partial charge in [0, 0.05) is 7.05 Å². The minimum atomic E-state index is -1.05. The summed E-state index contributed by atoms with van der Waals surface area (Å²) in [5.74, 6) is -1.05. The molecule has 0 bridgehead atoms. The van der Waals surface area contributed by atoms with Crippen molar-refractivity contribution in [2.24, 2.45) is 0 Å². The molecule has 0 aliphatic rings. The number of allylic oxidation sites excluding steroid dienone is 3. The molecular formula is C9H12N4O2. The zero-order valence-electron chi connectivity index (χ0n) is 8.51. The summed E-state index contributed by atoms with van der Waals surface area (Å²) < 4.78 is 0. The Kier molecular flexibility index (Phi) is 3.61. The molecule has 0 fully saturated rings. The van der Waals surface area contributed by atoms with Crippen molar-refractivity contribution in [3.05, 3.63) is 30.2 Å². The van der Waals surface area contributed by atoms with Crippen LogP contribution >= 0.6 is 0 Å². The van der Waals surface area contributed by atoms with Gasteiger partial charge in [0.15, 0.2) is 0 Å². The lowest BCUT2D eigenvalue weighted by Gasteiger charge is -2.06. The van der Waals surface area contributed by atoms with Gasteiger partial charge in [0.2, 0.25) is 0 Å². The Morgan fingerprint density at radius 3 is 2.47 bits per heavy atom. The average molecular weight is 208 g/mol. The van der Waals surface area contributed by atoms with E-state index in [1.54, 1.807) is 19.1 Å². The third-order valence-electron chi connectivity index (χ3n) is 1.68. The fourth-order valence-corrected chi connectivity index (χ4v) is 1.09. The summed E-state index contributed by atoms with van der Waals surface area (Å²) in [6.45, 7) is 1.79. The summed E-state index contributed by atoms with van der Waals surface area (Å²) in [4.78, 5) is 12.2. The molecule has 0 amide bonds. The van der Waals surface area contributed by atoms with Gasteiger partial charge in [0.1, 0.15) is 11.4 Å². The van der Waals surface area contributed by atoms with Gasteiger partial charge in [-0.3, -0.25) is 0 Å². The van der Waals surface area contributed by atoms with E-state index in [9.17, 15) is 4.79 Å². The number of hydrogen-bond donors (Lipinski definition) is 2. The Hall–Kier alpha value is -2.11. The van der Waals surface area contributed by atoms with Crippen molar-refractivity contribution in [1.82, 2.24) is 20.3 Å². The first-order valence-electron chi connectivity index (χ1n) is 4.35. The lowest BCUT2D eigenvalue weighted by molar-refractivity contribution is -0.132. The lowest BCUT2D eigenvalue weighted by atomic mass is 10.3. The van der Waals surface area contributed by atoms with E-state index in [0.29, 0.717) is 5.70 Å². The first-order valence-corrected chi connectivity index (χ1v) is 4.35. The maximum absolute atomic E-state index is 10.9. The van der Waals surface area contributed by atoms with E-state index in [2.05, 4.69) is 15.5 Å². The summed E-state index contributed by atoms with van der Waals surface area (Å²) in [7, 11) is 1.54. The molecule has 6 heteroatoms. The molecule has 15 heavy (non-hydrogen) atoms. The second-order valence-corrected chi connectivity index (χ2v) is 2.63. The van der Waals surface area contributed by atoms with Gasteiger partial charge >= 0.3 is 5.97 Å². The zero-order chi connectivity index (χ0) is 11.3. The SMILES string of the molecule is C/C=C\C(=C(/NC)C(=O)O)n1nccn1. The highest BCUT2D eigenvalue weighted by Gasteiger charge is 2.13. The van der Waals surface area contributed by atoms with E-state index in [4.69, 9.17) is 5.11 Å². The Labute approximate surface area is 86.9 Å². The molecule has 1 heterocycles. The van der Waals surface area contributed by atoms with E-state index in [1.165, 1.54) is 24.2 Å². The number of aliphatic carboxylic acids is 1. The van der Waals surface area contributed by atoms with Crippen LogP contribution in [0.15, 0.2) is 30.2 Å². The van der Waals surface area contributed by atoms with E-state index in [1.807, 2.05) is 0 Å². The first-order chi connectivity index (χ1) is 7.20. The Bertz CT molecular complexity index is 392. The van der Waals surface area contributed by atoms with Gasteiger partial charge in [-0.05, 0) is 13.0 Å². The van der Waals surface area contributed by atoms with E-state index < -0.39 is 5.97 Å². The highest BCUT2D eigenvalue weighted by molar-refractivity contribution is 5.93.